The van der Waals surface area contributed by atoms with E-state index in [0.717, 1.165) is 87.6 Å². The summed E-state index contributed by atoms with van der Waals surface area (Å²) in [4.78, 5) is 0. The molecule has 1 unspecified atom stereocenters. The highest BCUT2D eigenvalue weighted by Crippen LogP contribution is 2.54. The van der Waals surface area contributed by atoms with Crippen molar-refractivity contribution in [3.05, 3.63) is 231 Å². The summed E-state index contributed by atoms with van der Waals surface area (Å²) in [7, 11) is -3.21. The highest BCUT2D eigenvalue weighted by molar-refractivity contribution is 7.86. The van der Waals surface area contributed by atoms with Gasteiger partial charge in [-0.3, -0.25) is 0 Å². The van der Waals surface area contributed by atoms with E-state index in [1.165, 1.54) is 22.3 Å². The predicted octanol–water partition coefficient (Wildman–Crippen LogP) is 14.2. The van der Waals surface area contributed by atoms with Crippen molar-refractivity contribution < 1.29 is 4.57 Å². The molecule has 286 valence electrons. The maximum atomic E-state index is 16.0. The van der Waals surface area contributed by atoms with Gasteiger partial charge < -0.3 is 9.13 Å². The number of fused-ring (bicyclic) bond motifs is 7. The molecule has 0 bridgehead atoms. The molecule has 1 aliphatic rings. The van der Waals surface area contributed by atoms with E-state index in [-0.39, 0.29) is 0 Å². The van der Waals surface area contributed by atoms with Crippen LogP contribution >= 0.6 is 7.14 Å². The minimum Gasteiger partial charge on any atom is -0.309 e. The fourth-order valence-electron chi connectivity index (χ4n) is 9.55. The van der Waals surface area contributed by atoms with Crippen LogP contribution in [0, 0.1) is 0 Å². The molecule has 0 saturated carbocycles. The van der Waals surface area contributed by atoms with Gasteiger partial charge in [0.2, 0.25) is 0 Å². The van der Waals surface area contributed by atoms with Crippen molar-refractivity contribution in [2.75, 3.05) is 0 Å². The van der Waals surface area contributed by atoms with E-state index in [2.05, 4.69) is 205 Å². The zero-order chi connectivity index (χ0) is 40.5. The summed E-state index contributed by atoms with van der Waals surface area (Å²) >= 11 is 0. The zero-order valence-corrected chi connectivity index (χ0v) is 34.1. The van der Waals surface area contributed by atoms with E-state index in [9.17, 15) is 0 Å². The van der Waals surface area contributed by atoms with E-state index >= 15 is 4.57 Å². The first-order valence-corrected chi connectivity index (χ1v) is 22.6. The van der Waals surface area contributed by atoms with E-state index in [1.54, 1.807) is 0 Å². The van der Waals surface area contributed by atoms with Crippen LogP contribution in [-0.4, -0.2) is 4.57 Å². The number of nitrogens with zero attached hydrogens (tertiary/aromatic N) is 1. The third kappa shape index (κ3) is 5.75. The minimum atomic E-state index is -3.21. The van der Waals surface area contributed by atoms with Gasteiger partial charge in [-0.25, -0.2) is 0 Å². The Morgan fingerprint density at radius 2 is 0.754 bits per heavy atom. The molecule has 0 N–H and O–H groups in total. The molecule has 2 nitrogen and oxygen atoms in total. The first-order chi connectivity index (χ1) is 30.1. The highest BCUT2D eigenvalue weighted by Gasteiger charge is 2.41. The number of benzene rings is 10. The van der Waals surface area contributed by atoms with E-state index in [1.807, 2.05) is 30.3 Å². The molecular weight excluding hydrogens is 758 g/mol. The molecule has 2 heterocycles. The lowest BCUT2D eigenvalue weighted by atomic mass is 9.95. The number of hydrogen-bond donors (Lipinski definition) is 0. The lowest BCUT2D eigenvalue weighted by Crippen LogP contribution is -2.20. The van der Waals surface area contributed by atoms with Crippen molar-refractivity contribution in [1.82, 2.24) is 4.57 Å². The molecule has 0 saturated heterocycles. The van der Waals surface area contributed by atoms with Crippen LogP contribution in [0.3, 0.4) is 0 Å². The third-order valence-electron chi connectivity index (χ3n) is 12.6. The van der Waals surface area contributed by atoms with Crippen molar-refractivity contribution >= 4 is 55.6 Å². The fourth-order valence-corrected chi connectivity index (χ4v) is 12.6. The van der Waals surface area contributed by atoms with E-state index in [4.69, 9.17) is 0 Å². The number of hydrogen-bond acceptors (Lipinski definition) is 1. The predicted molar refractivity (Wildman–Crippen MR) is 258 cm³/mol. The molecule has 0 aliphatic carbocycles. The Morgan fingerprint density at radius 3 is 1.34 bits per heavy atom. The van der Waals surface area contributed by atoms with E-state index < -0.39 is 7.14 Å². The molecule has 11 aromatic rings. The first kappa shape index (κ1) is 35.4. The Balaban J connectivity index is 1.10. The molecule has 0 fully saturated rings. The largest absolute Gasteiger partial charge is 0.309 e. The minimum absolute atomic E-state index is 0.863. The molecule has 3 heteroatoms. The van der Waals surface area contributed by atoms with Gasteiger partial charge in [-0.1, -0.05) is 182 Å². The van der Waals surface area contributed by atoms with Crippen LogP contribution in [0.5, 0.6) is 0 Å². The normalized spacial score (nSPS) is 14.4. The van der Waals surface area contributed by atoms with Crippen molar-refractivity contribution in [3.8, 4) is 61.3 Å². The molecule has 61 heavy (non-hydrogen) atoms. The van der Waals surface area contributed by atoms with E-state index in [0.29, 0.717) is 0 Å². The van der Waals surface area contributed by atoms with Gasteiger partial charge in [-0.15, -0.1) is 0 Å². The van der Waals surface area contributed by atoms with Crippen LogP contribution in [0.4, 0.5) is 0 Å². The summed E-state index contributed by atoms with van der Waals surface area (Å²) in [5.74, 6) is 0. The average Bonchev–Trinajstić information content (AvgIpc) is 3.79. The number of para-hydroxylation sites is 1. The monoisotopic (exact) mass is 795 g/mol. The smallest absolute Gasteiger partial charge is 0.172 e. The van der Waals surface area contributed by atoms with Crippen LogP contribution in [0.25, 0.3) is 93.9 Å². The molecule has 1 aliphatic heterocycles. The molecule has 0 spiro atoms. The first-order valence-electron chi connectivity index (χ1n) is 20.8. The van der Waals surface area contributed by atoms with Gasteiger partial charge in [0.15, 0.2) is 7.14 Å². The summed E-state index contributed by atoms with van der Waals surface area (Å²) < 4.78 is 18.4. The quantitative estimate of drug-likeness (QED) is 0.154. The Labute approximate surface area is 355 Å². The topological polar surface area (TPSA) is 22.0 Å². The fraction of sp³-hybridized carbons (Fsp3) is 0. The Kier molecular flexibility index (Phi) is 8.17. The van der Waals surface area contributed by atoms with Crippen molar-refractivity contribution in [2.24, 2.45) is 0 Å². The second-order valence-corrected chi connectivity index (χ2v) is 18.8. The molecule has 0 amide bonds. The third-order valence-corrected chi connectivity index (χ3v) is 15.7. The lowest BCUT2D eigenvalue weighted by molar-refractivity contribution is 0.593. The summed E-state index contributed by atoms with van der Waals surface area (Å²) in [5.41, 5.74) is 14.7. The zero-order valence-electron chi connectivity index (χ0n) is 33.2. The van der Waals surface area contributed by atoms with Crippen LogP contribution in [0.15, 0.2) is 231 Å². The molecule has 1 aromatic heterocycles. The average molecular weight is 796 g/mol. The standard InChI is InChI=1S/C58H38NOP/c60-61(50-20-8-3-9-21-50)57-36-46-19-11-10-18-45(46)35-53(57)54-37-56-52(38-58(54)61)51-22-12-13-23-55(51)59(56)49-33-47(43-28-24-41(25-29-43)39-14-4-1-5-15-39)32-48(34-49)44-30-26-42(27-31-44)40-16-6-2-7-17-40/h1-38H. The van der Waals surface area contributed by atoms with Crippen LogP contribution in [-0.2, 0) is 4.57 Å². The maximum absolute atomic E-state index is 16.0. The highest BCUT2D eigenvalue weighted by atomic mass is 31.2. The van der Waals surface area contributed by atoms with Gasteiger partial charge in [0.1, 0.15) is 0 Å². The lowest BCUT2D eigenvalue weighted by Gasteiger charge is -2.17. The molecule has 10 aromatic carbocycles. The number of rotatable bonds is 6. The molecule has 0 radical (unpaired) electrons. The second kappa shape index (κ2) is 14.1. The van der Waals surface area contributed by atoms with Gasteiger partial charge in [-0.2, -0.15) is 0 Å². The van der Waals surface area contributed by atoms with Gasteiger partial charge >= 0.3 is 0 Å². The van der Waals surface area contributed by atoms with Crippen molar-refractivity contribution in [1.29, 1.82) is 0 Å². The molecular formula is C58H38NOP. The SMILES string of the molecule is O=P1(c2ccccc2)c2cc3ccccc3cc2-c2cc3c(cc21)c1ccccc1n3-c1cc(-c2ccc(-c3ccccc3)cc2)cc(-c2ccc(-c3ccccc3)cc2)c1. The summed E-state index contributed by atoms with van der Waals surface area (Å²) in [6, 6.07) is 82.1. The van der Waals surface area contributed by atoms with Gasteiger partial charge in [-0.05, 0) is 115 Å². The Hall–Kier alpha value is -7.51. The van der Waals surface area contributed by atoms with Crippen LogP contribution in [0.1, 0.15) is 0 Å². The van der Waals surface area contributed by atoms with Gasteiger partial charge in [0.25, 0.3) is 0 Å². The van der Waals surface area contributed by atoms with Crippen LogP contribution in [0.2, 0.25) is 0 Å². The molecule has 12 rings (SSSR count). The summed E-state index contributed by atoms with van der Waals surface area (Å²) in [6.45, 7) is 0. The van der Waals surface area contributed by atoms with Crippen molar-refractivity contribution in [3.63, 3.8) is 0 Å². The Bertz CT molecular complexity index is 3420. The summed E-state index contributed by atoms with van der Waals surface area (Å²) in [5, 5.41) is 7.15. The van der Waals surface area contributed by atoms with Crippen LogP contribution < -0.4 is 15.9 Å². The Morgan fingerprint density at radius 1 is 0.311 bits per heavy atom. The summed E-state index contributed by atoms with van der Waals surface area (Å²) in [6.07, 6.45) is 0. The maximum Gasteiger partial charge on any atom is 0.172 e. The second-order valence-electron chi connectivity index (χ2n) is 16.1. The number of aromatic nitrogens is 1. The van der Waals surface area contributed by atoms with Gasteiger partial charge in [0, 0.05) is 32.4 Å². The molecule has 1 atom stereocenters. The van der Waals surface area contributed by atoms with Gasteiger partial charge in [0.05, 0.1) is 11.0 Å². The van der Waals surface area contributed by atoms with Crippen molar-refractivity contribution in [2.45, 2.75) is 0 Å².